The molecule has 0 atom stereocenters. The van der Waals surface area contributed by atoms with Crippen molar-refractivity contribution in [3.05, 3.63) is 34.3 Å². The number of nitrogens with zero attached hydrogens (tertiary/aromatic N) is 1. The third-order valence-electron chi connectivity index (χ3n) is 2.55. The third kappa shape index (κ3) is 2.32. The second-order valence-corrected chi connectivity index (χ2v) is 4.06. The molecule has 2 rings (SSSR count). The van der Waals surface area contributed by atoms with Gasteiger partial charge in [-0.2, -0.15) is 0 Å². The molecule has 0 aliphatic carbocycles. The highest BCUT2D eigenvalue weighted by Gasteiger charge is 2.14. The number of rotatable bonds is 3. The molecule has 1 aromatic heterocycles. The highest BCUT2D eigenvalue weighted by atomic mass is 16.4. The predicted octanol–water partition coefficient (Wildman–Crippen LogP) is 0.669. The first-order valence-electron chi connectivity index (χ1n) is 5.35. The van der Waals surface area contributed by atoms with E-state index < -0.39 is 17.4 Å². The van der Waals surface area contributed by atoms with E-state index in [0.29, 0.717) is 17.6 Å². The molecule has 0 aliphatic heterocycles. The zero-order valence-corrected chi connectivity index (χ0v) is 10.0. The van der Waals surface area contributed by atoms with Crippen LogP contribution >= 0.6 is 0 Å². The lowest BCUT2D eigenvalue weighted by Gasteiger charge is -2.15. The van der Waals surface area contributed by atoms with E-state index in [9.17, 15) is 14.4 Å². The molecule has 0 aliphatic rings. The molecule has 1 amide bonds. The number of aromatic amines is 1. The van der Waals surface area contributed by atoms with Crippen LogP contribution in [0.25, 0.3) is 11.1 Å². The van der Waals surface area contributed by atoms with Crippen molar-refractivity contribution >= 4 is 22.8 Å². The Morgan fingerprint density at radius 3 is 2.78 bits per heavy atom. The van der Waals surface area contributed by atoms with E-state index in [-0.39, 0.29) is 0 Å². The Morgan fingerprint density at radius 2 is 2.11 bits per heavy atom. The van der Waals surface area contributed by atoms with Gasteiger partial charge < -0.3 is 9.32 Å². The summed E-state index contributed by atoms with van der Waals surface area (Å²) in [4.78, 5) is 37.2. The SMILES string of the molecule is CC(=O)C(=O)N(C)Cc1ccc2oc(=O)[nH]c2c1. The van der Waals surface area contributed by atoms with Crippen molar-refractivity contribution in [3.63, 3.8) is 0 Å². The number of nitrogens with one attached hydrogen (secondary N) is 1. The number of H-pyrrole nitrogens is 1. The molecule has 1 N–H and O–H groups in total. The molecular weight excluding hydrogens is 236 g/mol. The van der Waals surface area contributed by atoms with Crippen molar-refractivity contribution in [2.75, 3.05) is 7.05 Å². The molecule has 0 spiro atoms. The molecule has 0 fully saturated rings. The van der Waals surface area contributed by atoms with Crippen molar-refractivity contribution in [3.8, 4) is 0 Å². The second-order valence-electron chi connectivity index (χ2n) is 4.06. The number of likely N-dealkylation sites (N-methyl/N-ethyl adjacent to an activating group) is 1. The van der Waals surface area contributed by atoms with Crippen LogP contribution in [0.1, 0.15) is 12.5 Å². The lowest BCUT2D eigenvalue weighted by atomic mass is 10.2. The van der Waals surface area contributed by atoms with Gasteiger partial charge in [0.2, 0.25) is 5.78 Å². The predicted molar refractivity (Wildman–Crippen MR) is 64.0 cm³/mol. The van der Waals surface area contributed by atoms with Crippen LogP contribution in [0.4, 0.5) is 0 Å². The smallest absolute Gasteiger partial charge is 0.408 e. The summed E-state index contributed by atoms with van der Waals surface area (Å²) in [6, 6.07) is 5.10. The summed E-state index contributed by atoms with van der Waals surface area (Å²) in [5, 5.41) is 0. The fraction of sp³-hybridized carbons (Fsp3) is 0.250. The quantitative estimate of drug-likeness (QED) is 0.809. The lowest BCUT2D eigenvalue weighted by Crippen LogP contribution is -2.31. The van der Waals surface area contributed by atoms with Gasteiger partial charge in [-0.15, -0.1) is 0 Å². The Morgan fingerprint density at radius 1 is 1.39 bits per heavy atom. The summed E-state index contributed by atoms with van der Waals surface area (Å²) in [6.07, 6.45) is 0. The number of oxazole rings is 1. The number of amides is 1. The molecule has 0 saturated heterocycles. The minimum Gasteiger partial charge on any atom is -0.408 e. The average molecular weight is 248 g/mol. The van der Waals surface area contributed by atoms with Gasteiger partial charge in [-0.1, -0.05) is 6.07 Å². The van der Waals surface area contributed by atoms with Crippen LogP contribution in [-0.4, -0.2) is 28.6 Å². The summed E-state index contributed by atoms with van der Waals surface area (Å²) in [5.74, 6) is -1.57. The Kier molecular flexibility index (Phi) is 3.01. The number of aromatic nitrogens is 1. The zero-order valence-electron chi connectivity index (χ0n) is 10.0. The number of carbonyl (C=O) groups excluding carboxylic acids is 2. The highest BCUT2D eigenvalue weighted by Crippen LogP contribution is 2.13. The van der Waals surface area contributed by atoms with Gasteiger partial charge in [-0.05, 0) is 17.7 Å². The van der Waals surface area contributed by atoms with E-state index in [0.717, 1.165) is 5.56 Å². The number of ketones is 1. The van der Waals surface area contributed by atoms with Gasteiger partial charge in [0, 0.05) is 20.5 Å². The number of benzene rings is 1. The average Bonchev–Trinajstić information content (AvgIpc) is 2.67. The first-order chi connectivity index (χ1) is 8.47. The van der Waals surface area contributed by atoms with Gasteiger partial charge in [-0.3, -0.25) is 14.6 Å². The molecule has 18 heavy (non-hydrogen) atoms. The van der Waals surface area contributed by atoms with Crippen molar-refractivity contribution < 1.29 is 14.0 Å². The van der Waals surface area contributed by atoms with Gasteiger partial charge in [0.05, 0.1) is 5.52 Å². The normalized spacial score (nSPS) is 10.6. The Balaban J connectivity index is 2.24. The molecule has 1 heterocycles. The van der Waals surface area contributed by atoms with E-state index in [1.54, 1.807) is 25.2 Å². The Hall–Kier alpha value is -2.37. The number of hydrogen-bond acceptors (Lipinski definition) is 4. The largest absolute Gasteiger partial charge is 0.417 e. The first-order valence-corrected chi connectivity index (χ1v) is 5.35. The zero-order chi connectivity index (χ0) is 13.3. The Labute approximate surface area is 102 Å². The molecule has 1 aromatic carbocycles. The standard InChI is InChI=1S/C12H12N2O4/c1-7(15)11(16)14(2)6-8-3-4-10-9(5-8)13-12(17)18-10/h3-5H,6H2,1-2H3,(H,13,17). The van der Waals surface area contributed by atoms with E-state index in [2.05, 4.69) is 4.98 Å². The lowest BCUT2D eigenvalue weighted by molar-refractivity contribution is -0.143. The second kappa shape index (κ2) is 4.48. The number of fused-ring (bicyclic) bond motifs is 1. The van der Waals surface area contributed by atoms with Crippen LogP contribution in [0.2, 0.25) is 0 Å². The van der Waals surface area contributed by atoms with Crippen molar-refractivity contribution in [2.24, 2.45) is 0 Å². The van der Waals surface area contributed by atoms with Crippen molar-refractivity contribution in [2.45, 2.75) is 13.5 Å². The molecule has 0 unspecified atom stereocenters. The summed E-state index contributed by atoms with van der Waals surface area (Å²) < 4.78 is 4.87. The summed E-state index contributed by atoms with van der Waals surface area (Å²) in [7, 11) is 1.55. The van der Waals surface area contributed by atoms with E-state index in [1.807, 2.05) is 0 Å². The minimum absolute atomic E-state index is 0.293. The summed E-state index contributed by atoms with van der Waals surface area (Å²) >= 11 is 0. The van der Waals surface area contributed by atoms with Gasteiger partial charge in [0.1, 0.15) is 0 Å². The van der Waals surface area contributed by atoms with Gasteiger partial charge >= 0.3 is 5.76 Å². The van der Waals surface area contributed by atoms with Crippen LogP contribution in [0.15, 0.2) is 27.4 Å². The topological polar surface area (TPSA) is 83.4 Å². The monoisotopic (exact) mass is 248 g/mol. The molecular formula is C12H12N2O4. The molecule has 6 heteroatoms. The first kappa shape index (κ1) is 12.1. The molecule has 2 aromatic rings. The maximum absolute atomic E-state index is 11.4. The van der Waals surface area contributed by atoms with Gasteiger partial charge in [-0.25, -0.2) is 4.79 Å². The number of carbonyl (C=O) groups is 2. The van der Waals surface area contributed by atoms with Crippen molar-refractivity contribution in [1.29, 1.82) is 0 Å². The molecule has 0 radical (unpaired) electrons. The van der Waals surface area contributed by atoms with E-state index in [4.69, 9.17) is 4.42 Å². The molecule has 0 saturated carbocycles. The maximum Gasteiger partial charge on any atom is 0.417 e. The summed E-state index contributed by atoms with van der Waals surface area (Å²) in [6.45, 7) is 1.52. The summed E-state index contributed by atoms with van der Waals surface area (Å²) in [5.41, 5.74) is 1.84. The van der Waals surface area contributed by atoms with Gasteiger partial charge in [0.15, 0.2) is 5.58 Å². The van der Waals surface area contributed by atoms with Crippen LogP contribution in [0.3, 0.4) is 0 Å². The van der Waals surface area contributed by atoms with Crippen LogP contribution < -0.4 is 5.76 Å². The highest BCUT2D eigenvalue weighted by molar-refractivity contribution is 6.34. The fourth-order valence-electron chi connectivity index (χ4n) is 1.71. The van der Waals surface area contributed by atoms with Crippen LogP contribution in [-0.2, 0) is 16.1 Å². The number of hydrogen-bond donors (Lipinski definition) is 1. The maximum atomic E-state index is 11.4. The van der Waals surface area contributed by atoms with E-state index in [1.165, 1.54) is 11.8 Å². The van der Waals surface area contributed by atoms with Crippen LogP contribution in [0.5, 0.6) is 0 Å². The van der Waals surface area contributed by atoms with Crippen molar-refractivity contribution in [1.82, 2.24) is 9.88 Å². The molecule has 94 valence electrons. The van der Waals surface area contributed by atoms with Crippen LogP contribution in [0, 0.1) is 0 Å². The molecule has 6 nitrogen and oxygen atoms in total. The van der Waals surface area contributed by atoms with E-state index >= 15 is 0 Å². The minimum atomic E-state index is -0.546. The Bertz CT molecular complexity index is 668. The van der Waals surface area contributed by atoms with Gasteiger partial charge in [0.25, 0.3) is 5.91 Å². The fourth-order valence-corrected chi connectivity index (χ4v) is 1.71. The number of Topliss-reactive ketones (excluding diaryl/α,β-unsaturated/α-hetero) is 1. The third-order valence-corrected chi connectivity index (χ3v) is 2.55. The molecule has 0 bridgehead atoms.